The van der Waals surface area contributed by atoms with Crippen molar-refractivity contribution in [2.45, 2.75) is 26.2 Å². The van der Waals surface area contributed by atoms with E-state index in [4.69, 9.17) is 34.5 Å². The van der Waals surface area contributed by atoms with Gasteiger partial charge in [0.15, 0.2) is 5.58 Å². The molecule has 2 heterocycles. The number of halogens is 2. The largest absolute Gasteiger partial charge is 0.454 e. The van der Waals surface area contributed by atoms with E-state index >= 15 is 0 Å². The molecule has 0 N–H and O–H groups in total. The van der Waals surface area contributed by atoms with Crippen molar-refractivity contribution in [1.29, 1.82) is 0 Å². The summed E-state index contributed by atoms with van der Waals surface area (Å²) in [5.41, 5.74) is 4.88. The first-order valence-corrected chi connectivity index (χ1v) is 14.8. The molecule has 0 spiro atoms. The van der Waals surface area contributed by atoms with E-state index in [1.165, 1.54) is 5.56 Å². The lowest BCUT2D eigenvalue weighted by molar-refractivity contribution is 0.591. The lowest BCUT2D eigenvalue weighted by Gasteiger charge is -2.27. The molecular formula is C36H27Cl2NOS. The average Bonchev–Trinajstić information content (AvgIpc) is 3.63. The Morgan fingerprint density at radius 2 is 1.54 bits per heavy atom. The van der Waals surface area contributed by atoms with Crippen LogP contribution in [-0.2, 0) is 5.41 Å². The molecule has 0 aliphatic carbocycles. The van der Waals surface area contributed by atoms with Gasteiger partial charge in [-0.05, 0) is 58.5 Å². The molecule has 7 rings (SSSR count). The Kier molecular flexibility index (Phi) is 5.10. The number of benzene rings is 5. The first-order valence-electron chi connectivity index (χ1n) is 15.6. The second-order valence-electron chi connectivity index (χ2n) is 11.0. The normalized spacial score (nSPS) is 13.7. The molecule has 0 unspecified atom stereocenters. The van der Waals surface area contributed by atoms with Crippen molar-refractivity contribution in [3.05, 3.63) is 124 Å². The van der Waals surface area contributed by atoms with Gasteiger partial charge in [0.05, 0.1) is 34.0 Å². The number of thiophene rings is 1. The molecule has 0 radical (unpaired) electrons. The summed E-state index contributed by atoms with van der Waals surface area (Å²) in [6.45, 7) is 6.52. The summed E-state index contributed by atoms with van der Waals surface area (Å²) in [6, 6.07) is 21.6. The number of nitrogens with zero attached hydrogens (tertiary/aromatic N) is 1. The molecule has 0 atom stereocenters. The van der Waals surface area contributed by atoms with E-state index in [-0.39, 0.29) is 33.1 Å². The molecule has 0 bridgehead atoms. The van der Waals surface area contributed by atoms with Gasteiger partial charge in [-0.15, -0.1) is 11.3 Å². The van der Waals surface area contributed by atoms with Crippen molar-refractivity contribution < 1.29 is 11.3 Å². The highest BCUT2D eigenvalue weighted by Gasteiger charge is 2.26. The van der Waals surface area contributed by atoms with Crippen molar-refractivity contribution in [2.75, 3.05) is 4.90 Å². The number of hydrogen-bond donors (Lipinski definition) is 0. The standard InChI is InChI=1S/C36H27Cl2NOS/c1-36(2,3)24-16-17-33-27(20-24)31(21-41-33)39(29-14-9-13-26-25-12-7-8-15-32(25)40-35(26)29)30-19-23(18-28(37)34(30)38)22-10-5-4-6-11-22/h4-21H,1-3H3/i4D,5D,6D,10D,11D. The molecule has 41 heavy (non-hydrogen) atoms. The summed E-state index contributed by atoms with van der Waals surface area (Å²) >= 11 is 15.5. The zero-order valence-electron chi connectivity index (χ0n) is 27.5. The number of fused-ring (bicyclic) bond motifs is 4. The molecule has 0 aliphatic rings. The lowest BCUT2D eigenvalue weighted by Crippen LogP contribution is -2.12. The smallest absolute Gasteiger partial charge is 0.159 e. The fourth-order valence-corrected chi connectivity index (χ4v) is 6.55. The third kappa shape index (κ3) is 4.49. The summed E-state index contributed by atoms with van der Waals surface area (Å²) < 4.78 is 49.6. The Morgan fingerprint density at radius 3 is 2.34 bits per heavy atom. The first kappa shape index (κ1) is 21.0. The maximum Gasteiger partial charge on any atom is 0.159 e. The Bertz CT molecular complexity index is 2330. The SMILES string of the molecule is [2H]c1c([2H])c([2H])c(-c2cc(Cl)c(Cl)c(N(c3csc4ccc(C(C)(C)C)cc34)c3cccc4c3oc3ccccc34)c2)c([2H])c1[2H]. The Labute approximate surface area is 260 Å². The van der Waals surface area contributed by atoms with Crippen LogP contribution < -0.4 is 4.90 Å². The fourth-order valence-electron chi connectivity index (χ4n) is 5.23. The van der Waals surface area contributed by atoms with Gasteiger partial charge in [0.2, 0.25) is 0 Å². The molecule has 5 heteroatoms. The number of anilines is 3. The fraction of sp³-hybridized carbons (Fsp3) is 0.111. The molecule has 202 valence electrons. The van der Waals surface area contributed by atoms with Crippen molar-refractivity contribution in [1.82, 2.24) is 0 Å². The monoisotopic (exact) mass is 596 g/mol. The van der Waals surface area contributed by atoms with Gasteiger partial charge in [-0.3, -0.25) is 0 Å². The average molecular weight is 598 g/mol. The summed E-state index contributed by atoms with van der Waals surface area (Å²) in [6.07, 6.45) is 0. The summed E-state index contributed by atoms with van der Waals surface area (Å²) in [5, 5.41) is 5.40. The predicted molar refractivity (Wildman–Crippen MR) is 178 cm³/mol. The van der Waals surface area contributed by atoms with Crippen LogP contribution in [0.3, 0.4) is 0 Å². The molecule has 5 aromatic carbocycles. The summed E-state index contributed by atoms with van der Waals surface area (Å²) in [5.74, 6) is 0. The molecule has 0 saturated carbocycles. The van der Waals surface area contributed by atoms with Crippen LogP contribution in [0.25, 0.3) is 43.2 Å². The highest BCUT2D eigenvalue weighted by atomic mass is 35.5. The number of para-hydroxylation sites is 2. The first-order chi connectivity index (χ1) is 21.9. The molecule has 0 saturated heterocycles. The molecule has 0 aliphatic heterocycles. The third-order valence-electron chi connectivity index (χ3n) is 7.32. The van der Waals surface area contributed by atoms with E-state index in [0.717, 1.165) is 32.1 Å². The van der Waals surface area contributed by atoms with Crippen molar-refractivity contribution in [3.63, 3.8) is 0 Å². The van der Waals surface area contributed by atoms with Gasteiger partial charge in [0.25, 0.3) is 0 Å². The molecule has 0 amide bonds. The second kappa shape index (κ2) is 9.95. The van der Waals surface area contributed by atoms with Gasteiger partial charge in [-0.1, -0.05) is 111 Å². The minimum atomic E-state index is -0.461. The van der Waals surface area contributed by atoms with Crippen LogP contribution in [0.5, 0.6) is 0 Å². The van der Waals surface area contributed by atoms with Gasteiger partial charge < -0.3 is 9.32 Å². The Morgan fingerprint density at radius 1 is 0.756 bits per heavy atom. The molecule has 0 fully saturated rings. The van der Waals surface area contributed by atoms with Gasteiger partial charge in [-0.2, -0.15) is 0 Å². The van der Waals surface area contributed by atoms with Crippen molar-refractivity contribution in [3.8, 4) is 11.1 Å². The van der Waals surface area contributed by atoms with Crippen LogP contribution in [0.1, 0.15) is 33.2 Å². The zero-order valence-corrected chi connectivity index (χ0v) is 24.9. The zero-order chi connectivity index (χ0) is 32.7. The lowest BCUT2D eigenvalue weighted by atomic mass is 9.86. The maximum absolute atomic E-state index is 8.66. The number of furan rings is 1. The van der Waals surface area contributed by atoms with E-state index in [1.807, 2.05) is 47.4 Å². The second-order valence-corrected chi connectivity index (χ2v) is 12.7. The van der Waals surface area contributed by atoms with Crippen LogP contribution in [0, 0.1) is 0 Å². The number of rotatable bonds is 4. The molecule has 2 nitrogen and oxygen atoms in total. The van der Waals surface area contributed by atoms with Crippen LogP contribution in [-0.4, -0.2) is 0 Å². The van der Waals surface area contributed by atoms with Crippen LogP contribution in [0.2, 0.25) is 10.0 Å². The van der Waals surface area contributed by atoms with Gasteiger partial charge >= 0.3 is 0 Å². The van der Waals surface area contributed by atoms with Crippen LogP contribution in [0.4, 0.5) is 17.1 Å². The van der Waals surface area contributed by atoms with E-state index in [1.54, 1.807) is 23.5 Å². The van der Waals surface area contributed by atoms with E-state index in [0.29, 0.717) is 22.5 Å². The van der Waals surface area contributed by atoms with E-state index in [2.05, 4.69) is 44.4 Å². The minimum absolute atomic E-state index is 0.0397. The quantitative estimate of drug-likeness (QED) is 0.201. The highest BCUT2D eigenvalue weighted by Crippen LogP contribution is 2.50. The number of hydrogen-bond acceptors (Lipinski definition) is 3. The van der Waals surface area contributed by atoms with Crippen LogP contribution >= 0.6 is 34.5 Å². The third-order valence-corrected chi connectivity index (χ3v) is 9.07. The molecule has 2 aromatic heterocycles. The van der Waals surface area contributed by atoms with Gasteiger partial charge in [-0.25, -0.2) is 0 Å². The van der Waals surface area contributed by atoms with Crippen LogP contribution in [0.15, 0.2) is 113 Å². The highest BCUT2D eigenvalue weighted by molar-refractivity contribution is 7.17. The minimum Gasteiger partial charge on any atom is -0.454 e. The topological polar surface area (TPSA) is 16.4 Å². The van der Waals surface area contributed by atoms with E-state index in [9.17, 15) is 0 Å². The van der Waals surface area contributed by atoms with Crippen molar-refractivity contribution in [2.24, 2.45) is 0 Å². The molecule has 7 aromatic rings. The summed E-state index contributed by atoms with van der Waals surface area (Å²) in [7, 11) is 0. The van der Waals surface area contributed by atoms with Gasteiger partial charge in [0.1, 0.15) is 5.58 Å². The van der Waals surface area contributed by atoms with Crippen molar-refractivity contribution >= 4 is 83.6 Å². The van der Waals surface area contributed by atoms with Gasteiger partial charge in [0, 0.05) is 26.2 Å². The maximum atomic E-state index is 8.66. The molecular weight excluding hydrogens is 565 g/mol. The Hall–Kier alpha value is -3.76. The predicted octanol–water partition coefficient (Wildman–Crippen LogP) is 12.5. The summed E-state index contributed by atoms with van der Waals surface area (Å²) in [4.78, 5) is 2.00. The Balaban J connectivity index is 1.58. The van der Waals surface area contributed by atoms with E-state index < -0.39 is 18.1 Å².